The molecule has 0 saturated heterocycles. The van der Waals surface area contributed by atoms with Crippen LogP contribution in [0.4, 0.5) is 4.39 Å². The van der Waals surface area contributed by atoms with Gasteiger partial charge in [0.15, 0.2) is 17.1 Å². The number of halogens is 1. The van der Waals surface area contributed by atoms with Crippen LogP contribution in [-0.2, 0) is 13.5 Å². The maximum Gasteiger partial charge on any atom is 0.277 e. The summed E-state index contributed by atoms with van der Waals surface area (Å²) in [5, 5.41) is 4.36. The van der Waals surface area contributed by atoms with Crippen LogP contribution in [0.2, 0.25) is 0 Å². The van der Waals surface area contributed by atoms with Gasteiger partial charge in [0.2, 0.25) is 0 Å². The second-order valence-corrected chi connectivity index (χ2v) is 5.28. The summed E-state index contributed by atoms with van der Waals surface area (Å²) < 4.78 is 20.3. The van der Waals surface area contributed by atoms with Gasteiger partial charge in [-0.15, -0.1) is 0 Å². The predicted octanol–water partition coefficient (Wildman–Crippen LogP) is 2.42. The zero-order chi connectivity index (χ0) is 16.6. The molecule has 0 radical (unpaired) electrons. The van der Waals surface area contributed by atoms with E-state index in [0.29, 0.717) is 22.4 Å². The average Bonchev–Trinajstić information content (AvgIpc) is 2.84. The van der Waals surface area contributed by atoms with E-state index in [0.717, 1.165) is 18.5 Å². The van der Waals surface area contributed by atoms with Crippen LogP contribution in [0.1, 0.15) is 19.0 Å². The van der Waals surface area contributed by atoms with Gasteiger partial charge in [-0.25, -0.2) is 9.37 Å². The van der Waals surface area contributed by atoms with Gasteiger partial charge in [0.05, 0.1) is 12.8 Å². The molecule has 0 fully saturated rings. The highest BCUT2D eigenvalue weighted by Gasteiger charge is 2.16. The molecular weight excluding hydrogens is 299 g/mol. The number of methoxy groups -OCH3 is 1. The summed E-state index contributed by atoms with van der Waals surface area (Å²) in [5.74, 6) is -0.0488. The van der Waals surface area contributed by atoms with Gasteiger partial charge >= 0.3 is 0 Å². The Morgan fingerprint density at radius 3 is 2.83 bits per heavy atom. The number of fused-ring (bicyclic) bond motifs is 1. The first-order chi connectivity index (χ1) is 11.0. The Bertz CT molecular complexity index is 930. The SMILES string of the molecule is CCCc1nn(C)c2c(=O)[nH]c(-c3ccc(OC)c(F)c3)nc12. The number of H-pyrrole nitrogens is 1. The fraction of sp³-hybridized carbons (Fsp3) is 0.312. The van der Waals surface area contributed by atoms with Gasteiger partial charge in [0.1, 0.15) is 11.3 Å². The van der Waals surface area contributed by atoms with Gasteiger partial charge < -0.3 is 9.72 Å². The third-order valence-corrected chi connectivity index (χ3v) is 3.67. The molecule has 0 unspecified atom stereocenters. The molecule has 0 aliphatic rings. The highest BCUT2D eigenvalue weighted by Crippen LogP contribution is 2.24. The van der Waals surface area contributed by atoms with Crippen molar-refractivity contribution in [2.75, 3.05) is 7.11 Å². The maximum atomic E-state index is 13.9. The monoisotopic (exact) mass is 316 g/mol. The van der Waals surface area contributed by atoms with Gasteiger partial charge in [-0.2, -0.15) is 5.10 Å². The lowest BCUT2D eigenvalue weighted by Crippen LogP contribution is -2.12. The molecule has 120 valence electrons. The molecule has 23 heavy (non-hydrogen) atoms. The largest absolute Gasteiger partial charge is 0.494 e. The van der Waals surface area contributed by atoms with E-state index in [2.05, 4.69) is 15.1 Å². The molecule has 0 spiro atoms. The molecule has 0 aliphatic heterocycles. The summed E-state index contributed by atoms with van der Waals surface area (Å²) >= 11 is 0. The number of hydrogen-bond donors (Lipinski definition) is 1. The zero-order valence-corrected chi connectivity index (χ0v) is 13.2. The van der Waals surface area contributed by atoms with Gasteiger partial charge in [-0.1, -0.05) is 13.3 Å². The lowest BCUT2D eigenvalue weighted by atomic mass is 10.2. The molecule has 3 aromatic rings. The van der Waals surface area contributed by atoms with Crippen molar-refractivity contribution in [1.29, 1.82) is 0 Å². The molecule has 1 aromatic carbocycles. The minimum Gasteiger partial charge on any atom is -0.494 e. The van der Waals surface area contributed by atoms with Crippen LogP contribution in [0.5, 0.6) is 5.75 Å². The summed E-state index contributed by atoms with van der Waals surface area (Å²) in [5.41, 5.74) is 1.94. The smallest absolute Gasteiger partial charge is 0.277 e. The molecule has 6 nitrogen and oxygen atoms in total. The molecule has 7 heteroatoms. The second-order valence-electron chi connectivity index (χ2n) is 5.28. The molecule has 3 rings (SSSR count). The quantitative estimate of drug-likeness (QED) is 0.802. The molecule has 0 bridgehead atoms. The Morgan fingerprint density at radius 1 is 1.39 bits per heavy atom. The van der Waals surface area contributed by atoms with Crippen LogP contribution in [0, 0.1) is 5.82 Å². The van der Waals surface area contributed by atoms with Crippen LogP contribution in [0.3, 0.4) is 0 Å². The van der Waals surface area contributed by atoms with E-state index in [1.165, 1.54) is 23.9 Å². The first-order valence-electron chi connectivity index (χ1n) is 7.35. The van der Waals surface area contributed by atoms with Gasteiger partial charge in [-0.3, -0.25) is 9.48 Å². The van der Waals surface area contributed by atoms with Crippen LogP contribution >= 0.6 is 0 Å². The Kier molecular flexibility index (Phi) is 3.85. The summed E-state index contributed by atoms with van der Waals surface area (Å²) in [6.45, 7) is 2.04. The van der Waals surface area contributed by atoms with Crippen molar-refractivity contribution in [3.05, 3.63) is 40.1 Å². The molecule has 1 N–H and O–H groups in total. The fourth-order valence-electron chi connectivity index (χ4n) is 2.60. The molecule has 0 atom stereocenters. The van der Waals surface area contributed by atoms with Crippen molar-refractivity contribution in [2.24, 2.45) is 7.05 Å². The number of aromatic nitrogens is 4. The summed E-state index contributed by atoms with van der Waals surface area (Å²) in [7, 11) is 3.11. The number of benzene rings is 1. The Balaban J connectivity index is 2.21. The molecule has 0 aliphatic carbocycles. The number of rotatable bonds is 4. The third-order valence-electron chi connectivity index (χ3n) is 3.67. The second kappa shape index (κ2) is 5.83. The summed E-state index contributed by atoms with van der Waals surface area (Å²) in [4.78, 5) is 19.5. The van der Waals surface area contributed by atoms with E-state index in [1.54, 1.807) is 13.1 Å². The van der Waals surface area contributed by atoms with E-state index >= 15 is 0 Å². The van der Waals surface area contributed by atoms with Crippen LogP contribution in [0.15, 0.2) is 23.0 Å². The van der Waals surface area contributed by atoms with E-state index < -0.39 is 5.82 Å². The van der Waals surface area contributed by atoms with Gasteiger partial charge in [0.25, 0.3) is 5.56 Å². The van der Waals surface area contributed by atoms with Crippen molar-refractivity contribution in [3.63, 3.8) is 0 Å². The van der Waals surface area contributed by atoms with Gasteiger partial charge in [0, 0.05) is 12.6 Å². The van der Waals surface area contributed by atoms with Gasteiger partial charge in [-0.05, 0) is 24.6 Å². The standard InChI is InChI=1S/C16H17FN4O2/c1-4-5-11-13-14(21(2)20-11)16(22)19-15(18-13)9-6-7-12(23-3)10(17)8-9/h6-8H,4-5H2,1-3H3,(H,18,19,22). The maximum absolute atomic E-state index is 13.9. The number of ether oxygens (including phenoxy) is 1. The van der Waals surface area contributed by atoms with Crippen molar-refractivity contribution >= 4 is 11.0 Å². The molecule has 2 aromatic heterocycles. The Morgan fingerprint density at radius 2 is 2.17 bits per heavy atom. The predicted molar refractivity (Wildman–Crippen MR) is 85.1 cm³/mol. The van der Waals surface area contributed by atoms with Crippen molar-refractivity contribution < 1.29 is 9.13 Å². The fourth-order valence-corrected chi connectivity index (χ4v) is 2.60. The summed E-state index contributed by atoms with van der Waals surface area (Å²) in [6.07, 6.45) is 1.62. The molecule has 0 saturated carbocycles. The lowest BCUT2D eigenvalue weighted by Gasteiger charge is -2.05. The normalized spacial score (nSPS) is 11.1. The highest BCUT2D eigenvalue weighted by molar-refractivity contribution is 5.78. The van der Waals surface area contributed by atoms with Crippen LogP contribution < -0.4 is 10.3 Å². The zero-order valence-electron chi connectivity index (χ0n) is 13.2. The number of nitrogens with zero attached hydrogens (tertiary/aromatic N) is 3. The Labute approximate surface area is 131 Å². The van der Waals surface area contributed by atoms with E-state index in [-0.39, 0.29) is 11.3 Å². The number of nitrogens with one attached hydrogen (secondary N) is 1. The van der Waals surface area contributed by atoms with E-state index in [1.807, 2.05) is 6.92 Å². The summed E-state index contributed by atoms with van der Waals surface area (Å²) in [6, 6.07) is 4.45. The van der Waals surface area contributed by atoms with Crippen LogP contribution in [-0.4, -0.2) is 26.9 Å². The molecule has 0 amide bonds. The Hall–Kier alpha value is -2.70. The topological polar surface area (TPSA) is 72.8 Å². The first-order valence-corrected chi connectivity index (χ1v) is 7.35. The minimum atomic E-state index is -0.507. The minimum absolute atomic E-state index is 0.144. The van der Waals surface area contributed by atoms with Crippen molar-refractivity contribution in [3.8, 4) is 17.1 Å². The number of hydrogen-bond acceptors (Lipinski definition) is 4. The van der Waals surface area contributed by atoms with Crippen LogP contribution in [0.25, 0.3) is 22.4 Å². The van der Waals surface area contributed by atoms with E-state index in [4.69, 9.17) is 4.74 Å². The number of aromatic amines is 1. The third kappa shape index (κ3) is 2.58. The van der Waals surface area contributed by atoms with E-state index in [9.17, 15) is 9.18 Å². The molecule has 2 heterocycles. The highest BCUT2D eigenvalue weighted by atomic mass is 19.1. The van der Waals surface area contributed by atoms with Crippen molar-refractivity contribution in [2.45, 2.75) is 19.8 Å². The number of aryl methyl sites for hydroxylation is 2. The first kappa shape index (κ1) is 15.2. The van der Waals surface area contributed by atoms with Crippen molar-refractivity contribution in [1.82, 2.24) is 19.7 Å². The molecular formula is C16H17FN4O2. The average molecular weight is 316 g/mol. The lowest BCUT2D eigenvalue weighted by molar-refractivity contribution is 0.386.